The molecule has 5 unspecified atom stereocenters. The molecule has 3 N–H and O–H groups in total. The molecule has 0 saturated carbocycles. The zero-order valence-corrected chi connectivity index (χ0v) is 63.4. The molecule has 0 aromatic carbocycles. The number of phosphoric acid groups is 2. The average Bonchev–Trinajstić information content (AvgIpc) is 1.36. The topological polar surface area (TPSA) is 237 Å². The summed E-state index contributed by atoms with van der Waals surface area (Å²) in [5.74, 6) is -2.15. The molecule has 0 rings (SSSR count). The minimum Gasteiger partial charge on any atom is -0.462 e. The molecule has 5 atom stereocenters. The van der Waals surface area contributed by atoms with Gasteiger partial charge in [0.05, 0.1) is 26.4 Å². The van der Waals surface area contributed by atoms with E-state index in [9.17, 15) is 43.2 Å². The Morgan fingerprint density at radius 1 is 0.292 bits per heavy atom. The fourth-order valence-corrected chi connectivity index (χ4v) is 12.7. The third kappa shape index (κ3) is 69.7. The van der Waals surface area contributed by atoms with E-state index in [1.807, 2.05) is 0 Å². The monoisotopic (exact) mass is 1400 g/mol. The highest BCUT2D eigenvalue weighted by atomic mass is 31.2. The molecule has 0 aliphatic heterocycles. The first-order valence-corrected chi connectivity index (χ1v) is 42.2. The van der Waals surface area contributed by atoms with E-state index in [1.165, 1.54) is 161 Å². The Hall–Kier alpha value is -2.72. The van der Waals surface area contributed by atoms with Crippen LogP contribution in [0, 0.1) is 0 Å². The molecule has 17 nitrogen and oxygen atoms in total. The number of carbonyl (C=O) groups excluding carboxylic acids is 4. The highest BCUT2D eigenvalue weighted by Crippen LogP contribution is 2.45. The maximum Gasteiger partial charge on any atom is 0.472 e. The molecule has 0 bridgehead atoms. The molecule has 0 amide bonds. The predicted octanol–water partition coefficient (Wildman–Crippen LogP) is 22.3. The molecular weight excluding hydrogens is 1260 g/mol. The maximum atomic E-state index is 13.1. The van der Waals surface area contributed by atoms with Crippen LogP contribution in [0.25, 0.3) is 0 Å². The van der Waals surface area contributed by atoms with E-state index in [0.29, 0.717) is 25.7 Å². The lowest BCUT2D eigenvalue weighted by atomic mass is 10.0. The fourth-order valence-electron chi connectivity index (χ4n) is 11.1. The average molecular weight is 1400 g/mol. The first-order chi connectivity index (χ1) is 46.7. The van der Waals surface area contributed by atoms with Crippen LogP contribution in [-0.4, -0.2) is 96.7 Å². The largest absolute Gasteiger partial charge is 0.472 e. The smallest absolute Gasteiger partial charge is 0.462 e. The Bertz CT molecular complexity index is 1970. The summed E-state index contributed by atoms with van der Waals surface area (Å²) in [7, 11) is -9.93. The molecule has 0 aromatic heterocycles. The normalized spacial score (nSPS) is 14.1. The number of hydrogen-bond donors (Lipinski definition) is 3. The zero-order valence-electron chi connectivity index (χ0n) is 61.6. The van der Waals surface area contributed by atoms with Gasteiger partial charge in [-0.25, -0.2) is 9.13 Å². The molecule has 0 saturated heterocycles. The summed E-state index contributed by atoms with van der Waals surface area (Å²) in [6.45, 7) is 4.89. The van der Waals surface area contributed by atoms with Gasteiger partial charge in [-0.1, -0.05) is 302 Å². The first-order valence-electron chi connectivity index (χ1n) is 39.2. The second-order valence-electron chi connectivity index (χ2n) is 26.7. The van der Waals surface area contributed by atoms with Crippen LogP contribution in [0.4, 0.5) is 0 Å². The van der Waals surface area contributed by atoms with Crippen LogP contribution in [0.2, 0.25) is 0 Å². The van der Waals surface area contributed by atoms with Crippen molar-refractivity contribution in [2.45, 2.75) is 393 Å². The van der Waals surface area contributed by atoms with Crippen molar-refractivity contribution in [1.29, 1.82) is 0 Å². The minimum absolute atomic E-state index is 0.101. The molecule has 0 aromatic rings. The molecule has 0 aliphatic rings. The number of aliphatic hydroxyl groups is 1. The summed E-state index contributed by atoms with van der Waals surface area (Å²) < 4.78 is 68.5. The van der Waals surface area contributed by atoms with Crippen molar-refractivity contribution in [2.24, 2.45) is 0 Å². The first kappa shape index (κ1) is 93.3. The van der Waals surface area contributed by atoms with Crippen molar-refractivity contribution >= 4 is 39.5 Å². The molecule has 19 heteroatoms. The Balaban J connectivity index is 5.31. The molecular formula is C77H144O17P2. The van der Waals surface area contributed by atoms with Crippen molar-refractivity contribution in [3.8, 4) is 0 Å². The van der Waals surface area contributed by atoms with Crippen molar-refractivity contribution < 1.29 is 80.2 Å². The Kier molecular flexibility index (Phi) is 68.7. The van der Waals surface area contributed by atoms with E-state index in [-0.39, 0.29) is 25.7 Å². The van der Waals surface area contributed by atoms with Gasteiger partial charge in [0, 0.05) is 25.7 Å². The van der Waals surface area contributed by atoms with Gasteiger partial charge in [-0.05, 0) is 83.5 Å². The van der Waals surface area contributed by atoms with Crippen molar-refractivity contribution in [3.63, 3.8) is 0 Å². The second kappa shape index (κ2) is 70.7. The van der Waals surface area contributed by atoms with Gasteiger partial charge in [0.15, 0.2) is 12.2 Å². The summed E-state index contributed by atoms with van der Waals surface area (Å²) in [6.07, 6.45) is 65.5. The standard InChI is InChI=1S/C77H144O17P2/c1-5-9-13-17-21-25-29-33-35-39-42-46-50-54-58-62-75(80)88-68-73(94-77(82)64-60-56-52-48-44-40-36-34-30-26-22-18-14-10-6-2)70-92-96(85,86)90-66-71(78)65-89-95(83,84)91-69-72(93-76(81)63-59-55-51-47-43-38-32-28-24-20-16-12-8-4)67-87-74(79)61-57-53-49-45-41-37-31-27-23-19-15-11-7-3/h21,25,27,31,33,35,71-73,78H,5-20,22-24,26,28-30,32,34,36-70H2,1-4H3,(H,83,84)(H,85,86)/b25-21-,31-27-,35-33-. The van der Waals surface area contributed by atoms with Gasteiger partial charge < -0.3 is 33.8 Å². The van der Waals surface area contributed by atoms with Crippen LogP contribution in [0.1, 0.15) is 374 Å². The van der Waals surface area contributed by atoms with Gasteiger partial charge in [-0.2, -0.15) is 0 Å². The summed E-state index contributed by atoms with van der Waals surface area (Å²) >= 11 is 0. The van der Waals surface area contributed by atoms with Gasteiger partial charge in [-0.3, -0.25) is 37.3 Å². The predicted molar refractivity (Wildman–Crippen MR) is 391 cm³/mol. The summed E-state index contributed by atoms with van der Waals surface area (Å²) in [5, 5.41) is 10.6. The Labute approximate surface area is 585 Å². The number of unbranched alkanes of at least 4 members (excludes halogenated alkanes) is 43. The number of hydrogen-bond acceptors (Lipinski definition) is 15. The van der Waals surface area contributed by atoms with Crippen LogP contribution in [0.3, 0.4) is 0 Å². The van der Waals surface area contributed by atoms with E-state index in [2.05, 4.69) is 64.2 Å². The maximum absolute atomic E-state index is 13.1. The van der Waals surface area contributed by atoms with Gasteiger partial charge in [0.25, 0.3) is 0 Å². The molecule has 564 valence electrons. The molecule has 0 aliphatic carbocycles. The van der Waals surface area contributed by atoms with E-state index >= 15 is 0 Å². The quantitative estimate of drug-likeness (QED) is 0.0169. The molecule has 0 heterocycles. The van der Waals surface area contributed by atoms with Crippen LogP contribution >= 0.6 is 15.6 Å². The van der Waals surface area contributed by atoms with Gasteiger partial charge in [-0.15, -0.1) is 0 Å². The fraction of sp³-hybridized carbons (Fsp3) is 0.870. The second-order valence-corrected chi connectivity index (χ2v) is 29.6. The van der Waals surface area contributed by atoms with Crippen LogP contribution < -0.4 is 0 Å². The summed E-state index contributed by atoms with van der Waals surface area (Å²) in [5.41, 5.74) is 0. The number of rotatable bonds is 75. The minimum atomic E-state index is -4.97. The number of aliphatic hydroxyl groups excluding tert-OH is 1. The van der Waals surface area contributed by atoms with E-state index in [1.54, 1.807) is 0 Å². The van der Waals surface area contributed by atoms with Crippen molar-refractivity contribution in [1.82, 2.24) is 0 Å². The SMILES string of the molecule is CCCCC/C=C\C/C=C\CCCCCCCC(=O)OCC(COP(=O)(O)OCC(O)COP(=O)(O)OCC(COC(=O)CCCCCCC/C=C\CCCCCC)OC(=O)CCCCCCCCCCCCCCC)OC(=O)CCCCCCCCCCCCCCCCC. The number of carbonyl (C=O) groups is 4. The van der Waals surface area contributed by atoms with Crippen molar-refractivity contribution in [3.05, 3.63) is 36.5 Å². The molecule has 0 fully saturated rings. The van der Waals surface area contributed by atoms with E-state index < -0.39 is 97.5 Å². The van der Waals surface area contributed by atoms with Gasteiger partial charge in [0.2, 0.25) is 0 Å². The third-order valence-electron chi connectivity index (χ3n) is 17.1. The lowest BCUT2D eigenvalue weighted by Crippen LogP contribution is -2.30. The number of esters is 4. The molecule has 0 radical (unpaired) electrons. The van der Waals surface area contributed by atoms with Gasteiger partial charge >= 0.3 is 39.5 Å². The Morgan fingerprint density at radius 2 is 0.510 bits per heavy atom. The lowest BCUT2D eigenvalue weighted by molar-refractivity contribution is -0.161. The highest BCUT2D eigenvalue weighted by Gasteiger charge is 2.30. The summed E-state index contributed by atoms with van der Waals surface area (Å²) in [6, 6.07) is 0. The third-order valence-corrected chi connectivity index (χ3v) is 19.0. The summed E-state index contributed by atoms with van der Waals surface area (Å²) in [4.78, 5) is 72.8. The van der Waals surface area contributed by atoms with Crippen molar-refractivity contribution in [2.75, 3.05) is 39.6 Å². The Morgan fingerprint density at radius 3 is 0.812 bits per heavy atom. The lowest BCUT2D eigenvalue weighted by Gasteiger charge is -2.21. The van der Waals surface area contributed by atoms with E-state index in [4.69, 9.17) is 37.0 Å². The highest BCUT2D eigenvalue weighted by molar-refractivity contribution is 7.47. The number of allylic oxidation sites excluding steroid dienone is 6. The van der Waals surface area contributed by atoms with Crippen LogP contribution in [-0.2, 0) is 65.4 Å². The molecule has 0 spiro atoms. The van der Waals surface area contributed by atoms with Crippen LogP contribution in [0.15, 0.2) is 36.5 Å². The van der Waals surface area contributed by atoms with Crippen LogP contribution in [0.5, 0.6) is 0 Å². The number of ether oxygens (including phenoxy) is 4. The van der Waals surface area contributed by atoms with E-state index in [0.717, 1.165) is 135 Å². The zero-order chi connectivity index (χ0) is 70.4. The number of phosphoric ester groups is 2. The van der Waals surface area contributed by atoms with Gasteiger partial charge in [0.1, 0.15) is 19.3 Å². The molecule has 96 heavy (non-hydrogen) atoms.